The van der Waals surface area contributed by atoms with E-state index in [1.54, 1.807) is 0 Å². The number of likely N-dealkylation sites (tertiary alicyclic amines) is 1. The number of piperidine rings is 1. The molecule has 1 saturated heterocycles. The van der Waals surface area contributed by atoms with Crippen LogP contribution in [0.2, 0.25) is 0 Å². The SMILES string of the molecule is CCC1CCCN(C)C1C#N. The first kappa shape index (κ1) is 8.55. The number of hydrogen-bond acceptors (Lipinski definition) is 2. The highest BCUT2D eigenvalue weighted by atomic mass is 15.1. The maximum atomic E-state index is 8.87. The van der Waals surface area contributed by atoms with Crippen molar-refractivity contribution in [2.45, 2.75) is 32.2 Å². The standard InChI is InChI=1S/C9H16N2/c1-3-8-5-4-6-11(2)9(8)7-10/h8-9H,3-6H2,1-2H3. The van der Waals surface area contributed by atoms with E-state index in [9.17, 15) is 0 Å². The lowest BCUT2D eigenvalue weighted by molar-refractivity contribution is 0.157. The summed E-state index contributed by atoms with van der Waals surface area (Å²) in [5.74, 6) is 0.610. The van der Waals surface area contributed by atoms with Crippen LogP contribution in [0.15, 0.2) is 0 Å². The summed E-state index contributed by atoms with van der Waals surface area (Å²) >= 11 is 0. The Morgan fingerprint density at radius 2 is 2.36 bits per heavy atom. The van der Waals surface area contributed by atoms with Crippen molar-refractivity contribution in [1.29, 1.82) is 5.26 Å². The summed E-state index contributed by atoms with van der Waals surface area (Å²) in [6, 6.07) is 2.56. The lowest BCUT2D eigenvalue weighted by Crippen LogP contribution is -2.41. The molecule has 1 fully saturated rings. The molecule has 0 aromatic heterocycles. The fourth-order valence-electron chi connectivity index (χ4n) is 1.89. The van der Waals surface area contributed by atoms with Crippen molar-refractivity contribution in [3.05, 3.63) is 0 Å². The molecule has 1 rings (SSSR count). The lowest BCUT2D eigenvalue weighted by atomic mass is 9.88. The van der Waals surface area contributed by atoms with E-state index >= 15 is 0 Å². The summed E-state index contributed by atoms with van der Waals surface area (Å²) in [6.07, 6.45) is 3.63. The minimum atomic E-state index is 0.175. The Hall–Kier alpha value is -0.550. The van der Waals surface area contributed by atoms with Gasteiger partial charge in [0.05, 0.1) is 6.07 Å². The van der Waals surface area contributed by atoms with Gasteiger partial charge in [0.15, 0.2) is 0 Å². The monoisotopic (exact) mass is 152 g/mol. The molecule has 0 bridgehead atoms. The second kappa shape index (κ2) is 3.73. The van der Waals surface area contributed by atoms with Crippen molar-refractivity contribution < 1.29 is 0 Å². The third-order valence-corrected chi connectivity index (χ3v) is 2.66. The summed E-state index contributed by atoms with van der Waals surface area (Å²) in [7, 11) is 2.05. The van der Waals surface area contributed by atoms with Gasteiger partial charge in [-0.2, -0.15) is 5.26 Å². The van der Waals surface area contributed by atoms with Gasteiger partial charge in [0.25, 0.3) is 0 Å². The topological polar surface area (TPSA) is 27.0 Å². The molecule has 0 radical (unpaired) electrons. The fraction of sp³-hybridized carbons (Fsp3) is 0.889. The smallest absolute Gasteiger partial charge is 0.100 e. The van der Waals surface area contributed by atoms with Crippen LogP contribution in [0.25, 0.3) is 0 Å². The van der Waals surface area contributed by atoms with Gasteiger partial charge < -0.3 is 0 Å². The van der Waals surface area contributed by atoms with E-state index in [1.807, 2.05) is 0 Å². The van der Waals surface area contributed by atoms with Crippen LogP contribution in [-0.4, -0.2) is 24.5 Å². The van der Waals surface area contributed by atoms with Gasteiger partial charge in [-0.3, -0.25) is 4.90 Å². The van der Waals surface area contributed by atoms with Gasteiger partial charge >= 0.3 is 0 Å². The molecule has 2 unspecified atom stereocenters. The molecule has 0 aliphatic carbocycles. The number of nitrogens with zero attached hydrogens (tertiary/aromatic N) is 2. The molecular weight excluding hydrogens is 136 g/mol. The highest BCUT2D eigenvalue weighted by molar-refractivity contribution is 4.97. The Morgan fingerprint density at radius 1 is 1.64 bits per heavy atom. The molecule has 0 amide bonds. The normalized spacial score (nSPS) is 33.2. The average molecular weight is 152 g/mol. The molecule has 0 N–H and O–H groups in total. The number of rotatable bonds is 1. The minimum absolute atomic E-state index is 0.175. The third-order valence-electron chi connectivity index (χ3n) is 2.66. The van der Waals surface area contributed by atoms with E-state index < -0.39 is 0 Å². The summed E-state index contributed by atoms with van der Waals surface area (Å²) < 4.78 is 0. The van der Waals surface area contributed by atoms with Crippen LogP contribution >= 0.6 is 0 Å². The summed E-state index contributed by atoms with van der Waals surface area (Å²) in [4.78, 5) is 2.18. The van der Waals surface area contributed by atoms with Gasteiger partial charge in [-0.05, 0) is 32.4 Å². The molecule has 0 aromatic carbocycles. The van der Waals surface area contributed by atoms with Crippen molar-refractivity contribution in [2.75, 3.05) is 13.6 Å². The maximum absolute atomic E-state index is 8.87. The van der Waals surface area contributed by atoms with Gasteiger partial charge in [0, 0.05) is 0 Å². The molecule has 2 heteroatoms. The van der Waals surface area contributed by atoms with Crippen LogP contribution in [0, 0.1) is 17.2 Å². The molecule has 1 heterocycles. The van der Waals surface area contributed by atoms with Crippen LogP contribution < -0.4 is 0 Å². The fourth-order valence-corrected chi connectivity index (χ4v) is 1.89. The zero-order valence-corrected chi connectivity index (χ0v) is 7.38. The Morgan fingerprint density at radius 3 is 2.82 bits per heavy atom. The molecule has 0 spiro atoms. The Bertz CT molecular complexity index is 159. The highest BCUT2D eigenvalue weighted by Crippen LogP contribution is 2.24. The Kier molecular flexibility index (Phi) is 2.90. The van der Waals surface area contributed by atoms with Crippen LogP contribution in [0.3, 0.4) is 0 Å². The molecule has 11 heavy (non-hydrogen) atoms. The van der Waals surface area contributed by atoms with E-state index in [-0.39, 0.29) is 6.04 Å². The van der Waals surface area contributed by atoms with Crippen molar-refractivity contribution >= 4 is 0 Å². The first-order valence-electron chi connectivity index (χ1n) is 4.39. The molecule has 0 saturated carbocycles. The second-order valence-corrected chi connectivity index (χ2v) is 3.37. The Labute approximate surface area is 68.8 Å². The van der Waals surface area contributed by atoms with Gasteiger partial charge in [-0.1, -0.05) is 13.3 Å². The van der Waals surface area contributed by atoms with E-state index in [1.165, 1.54) is 12.8 Å². The zero-order chi connectivity index (χ0) is 8.27. The zero-order valence-electron chi connectivity index (χ0n) is 7.38. The van der Waals surface area contributed by atoms with E-state index in [4.69, 9.17) is 5.26 Å². The van der Waals surface area contributed by atoms with Crippen LogP contribution in [0.4, 0.5) is 0 Å². The quantitative estimate of drug-likeness (QED) is 0.571. The molecule has 1 aliphatic rings. The molecule has 2 atom stereocenters. The maximum Gasteiger partial charge on any atom is 0.100 e. The number of hydrogen-bond donors (Lipinski definition) is 0. The van der Waals surface area contributed by atoms with Gasteiger partial charge in [0.2, 0.25) is 0 Å². The van der Waals surface area contributed by atoms with Crippen LogP contribution in [0.1, 0.15) is 26.2 Å². The third kappa shape index (κ3) is 1.72. The highest BCUT2D eigenvalue weighted by Gasteiger charge is 2.27. The van der Waals surface area contributed by atoms with E-state index in [0.717, 1.165) is 13.0 Å². The van der Waals surface area contributed by atoms with Gasteiger partial charge in [-0.25, -0.2) is 0 Å². The predicted molar refractivity (Wildman–Crippen MR) is 45.0 cm³/mol. The van der Waals surface area contributed by atoms with E-state index in [2.05, 4.69) is 24.9 Å². The summed E-state index contributed by atoms with van der Waals surface area (Å²) in [6.45, 7) is 3.27. The van der Waals surface area contributed by atoms with Gasteiger partial charge in [0.1, 0.15) is 6.04 Å². The van der Waals surface area contributed by atoms with E-state index in [0.29, 0.717) is 5.92 Å². The lowest BCUT2D eigenvalue weighted by Gasteiger charge is -2.34. The van der Waals surface area contributed by atoms with Crippen molar-refractivity contribution in [3.63, 3.8) is 0 Å². The Balaban J connectivity index is 2.57. The summed E-state index contributed by atoms with van der Waals surface area (Å²) in [5, 5.41) is 8.87. The first-order valence-corrected chi connectivity index (χ1v) is 4.39. The molecule has 1 aliphatic heterocycles. The van der Waals surface area contributed by atoms with Crippen LogP contribution in [-0.2, 0) is 0 Å². The van der Waals surface area contributed by atoms with Crippen molar-refractivity contribution in [1.82, 2.24) is 4.90 Å². The second-order valence-electron chi connectivity index (χ2n) is 3.37. The largest absolute Gasteiger partial charge is 0.291 e. The first-order chi connectivity index (χ1) is 5.29. The number of nitriles is 1. The van der Waals surface area contributed by atoms with Crippen LogP contribution in [0.5, 0.6) is 0 Å². The molecular formula is C9H16N2. The van der Waals surface area contributed by atoms with Crippen molar-refractivity contribution in [2.24, 2.45) is 5.92 Å². The average Bonchev–Trinajstić information content (AvgIpc) is 2.04. The predicted octanol–water partition coefficient (Wildman–Crippen LogP) is 1.63. The molecule has 62 valence electrons. The van der Waals surface area contributed by atoms with Gasteiger partial charge in [-0.15, -0.1) is 0 Å². The molecule has 0 aromatic rings. The minimum Gasteiger partial charge on any atom is -0.291 e. The van der Waals surface area contributed by atoms with Crippen molar-refractivity contribution in [3.8, 4) is 6.07 Å². The summed E-state index contributed by atoms with van der Waals surface area (Å²) in [5.41, 5.74) is 0. The molecule has 2 nitrogen and oxygen atoms in total.